The maximum absolute atomic E-state index is 13.1. The van der Waals surface area contributed by atoms with Crippen LogP contribution < -0.4 is 9.73 Å². The molecule has 0 aliphatic heterocycles. The van der Waals surface area contributed by atoms with Crippen molar-refractivity contribution in [2.45, 2.75) is 4.90 Å². The minimum absolute atomic E-state index is 0.102. The number of carbonyl (C=O) groups excluding carboxylic acids is 1. The van der Waals surface area contributed by atoms with E-state index in [4.69, 9.17) is 0 Å². The molecular formula is C19H16BrN3O3S2. The lowest BCUT2D eigenvalue weighted by Gasteiger charge is -2.23. The van der Waals surface area contributed by atoms with Crippen molar-refractivity contribution >= 4 is 55.1 Å². The average molecular weight is 478 g/mol. The standard InChI is InChI=1S/C19H16BrN3O3S2/c20-15-6-4-7-16(12-15)23(28(25,26)18-9-2-1-3-10-18)14-19(24)22-21-13-17-8-5-11-27-17/h1-13H,14H2,(H,22,24)/b21-13+. The molecule has 1 amide bonds. The quantitative estimate of drug-likeness (QED) is 0.414. The minimum Gasteiger partial charge on any atom is -0.271 e. The predicted octanol–water partition coefficient (Wildman–Crippen LogP) is 3.86. The topological polar surface area (TPSA) is 78.8 Å². The molecule has 28 heavy (non-hydrogen) atoms. The molecular weight excluding hydrogens is 462 g/mol. The number of hydrazone groups is 1. The van der Waals surface area contributed by atoms with Crippen LogP contribution in [-0.4, -0.2) is 27.1 Å². The second-order valence-corrected chi connectivity index (χ2v) is 9.37. The van der Waals surface area contributed by atoms with Gasteiger partial charge in [-0.3, -0.25) is 9.10 Å². The van der Waals surface area contributed by atoms with Gasteiger partial charge in [-0.05, 0) is 41.8 Å². The molecule has 0 spiro atoms. The molecule has 0 aliphatic carbocycles. The Labute approximate surface area is 175 Å². The molecule has 0 aliphatic rings. The summed E-state index contributed by atoms with van der Waals surface area (Å²) in [6, 6.07) is 18.5. The number of anilines is 1. The second kappa shape index (κ2) is 9.13. The Morgan fingerprint density at radius 3 is 2.57 bits per heavy atom. The van der Waals surface area contributed by atoms with Crippen molar-refractivity contribution in [3.05, 3.63) is 81.5 Å². The Bertz CT molecular complexity index is 1070. The maximum atomic E-state index is 13.1. The van der Waals surface area contributed by atoms with Gasteiger partial charge in [0.1, 0.15) is 6.54 Å². The fourth-order valence-electron chi connectivity index (χ4n) is 2.36. The van der Waals surface area contributed by atoms with Crippen LogP contribution in [0.5, 0.6) is 0 Å². The average Bonchev–Trinajstić information content (AvgIpc) is 3.20. The van der Waals surface area contributed by atoms with Gasteiger partial charge in [0.05, 0.1) is 16.8 Å². The summed E-state index contributed by atoms with van der Waals surface area (Å²) in [5.74, 6) is -0.549. The SMILES string of the molecule is O=C(CN(c1cccc(Br)c1)S(=O)(=O)c1ccccc1)N/N=C/c1cccs1. The highest BCUT2D eigenvalue weighted by molar-refractivity contribution is 9.10. The molecule has 6 nitrogen and oxygen atoms in total. The van der Waals surface area contributed by atoms with Crippen molar-refractivity contribution in [1.29, 1.82) is 0 Å². The highest BCUT2D eigenvalue weighted by Crippen LogP contribution is 2.26. The maximum Gasteiger partial charge on any atom is 0.264 e. The number of halogens is 1. The van der Waals surface area contributed by atoms with Crippen LogP contribution in [0.2, 0.25) is 0 Å². The summed E-state index contributed by atoms with van der Waals surface area (Å²) in [5.41, 5.74) is 2.75. The van der Waals surface area contributed by atoms with E-state index in [9.17, 15) is 13.2 Å². The molecule has 3 rings (SSSR count). The molecule has 3 aromatic rings. The molecule has 9 heteroatoms. The zero-order valence-corrected chi connectivity index (χ0v) is 17.7. The molecule has 0 bridgehead atoms. The van der Waals surface area contributed by atoms with Gasteiger partial charge in [0.15, 0.2) is 0 Å². The minimum atomic E-state index is -3.93. The van der Waals surface area contributed by atoms with Gasteiger partial charge in [-0.2, -0.15) is 5.10 Å². The molecule has 1 aromatic heterocycles. The Balaban J connectivity index is 1.85. The lowest BCUT2D eigenvalue weighted by molar-refractivity contribution is -0.119. The molecule has 1 heterocycles. The molecule has 0 saturated carbocycles. The van der Waals surface area contributed by atoms with Crippen molar-refractivity contribution in [1.82, 2.24) is 5.43 Å². The van der Waals surface area contributed by atoms with E-state index < -0.39 is 22.5 Å². The largest absolute Gasteiger partial charge is 0.271 e. The van der Waals surface area contributed by atoms with Crippen LogP contribution in [0.1, 0.15) is 4.88 Å². The van der Waals surface area contributed by atoms with Gasteiger partial charge < -0.3 is 0 Å². The van der Waals surface area contributed by atoms with Gasteiger partial charge in [-0.15, -0.1) is 11.3 Å². The smallest absolute Gasteiger partial charge is 0.264 e. The Morgan fingerprint density at radius 1 is 1.11 bits per heavy atom. The molecule has 2 aromatic carbocycles. The van der Waals surface area contributed by atoms with Gasteiger partial charge in [-0.25, -0.2) is 13.8 Å². The Kier molecular flexibility index (Phi) is 6.61. The number of nitrogens with one attached hydrogen (secondary N) is 1. The summed E-state index contributed by atoms with van der Waals surface area (Å²) < 4.78 is 28.0. The first kappa shape index (κ1) is 20.2. The van der Waals surface area contributed by atoms with E-state index in [0.29, 0.717) is 10.2 Å². The summed E-state index contributed by atoms with van der Waals surface area (Å²) >= 11 is 4.82. The normalized spacial score (nSPS) is 11.5. The number of hydrogen-bond donors (Lipinski definition) is 1. The Morgan fingerprint density at radius 2 is 1.89 bits per heavy atom. The number of benzene rings is 2. The molecule has 0 atom stereocenters. The lowest BCUT2D eigenvalue weighted by Crippen LogP contribution is -2.39. The molecule has 144 valence electrons. The number of rotatable bonds is 7. The second-order valence-electron chi connectivity index (χ2n) is 5.61. The van der Waals surface area contributed by atoms with Crippen LogP contribution in [0.3, 0.4) is 0 Å². The third-order valence-corrected chi connectivity index (χ3v) is 6.73. The van der Waals surface area contributed by atoms with Gasteiger partial charge in [0, 0.05) is 9.35 Å². The van der Waals surface area contributed by atoms with Crippen LogP contribution >= 0.6 is 27.3 Å². The van der Waals surface area contributed by atoms with E-state index in [1.54, 1.807) is 42.5 Å². The summed E-state index contributed by atoms with van der Waals surface area (Å²) in [5, 5.41) is 5.78. The highest BCUT2D eigenvalue weighted by Gasteiger charge is 2.27. The van der Waals surface area contributed by atoms with Crippen LogP contribution in [0.25, 0.3) is 0 Å². The fraction of sp³-hybridized carbons (Fsp3) is 0.0526. The highest BCUT2D eigenvalue weighted by atomic mass is 79.9. The summed E-state index contributed by atoms with van der Waals surface area (Å²) in [6.07, 6.45) is 1.51. The fourth-order valence-corrected chi connectivity index (χ4v) is 4.77. The predicted molar refractivity (Wildman–Crippen MR) is 115 cm³/mol. The lowest BCUT2D eigenvalue weighted by atomic mass is 10.3. The van der Waals surface area contributed by atoms with E-state index >= 15 is 0 Å². The van der Waals surface area contributed by atoms with E-state index in [-0.39, 0.29) is 4.90 Å². The number of sulfonamides is 1. The van der Waals surface area contributed by atoms with Crippen LogP contribution in [0.4, 0.5) is 5.69 Å². The monoisotopic (exact) mass is 477 g/mol. The van der Waals surface area contributed by atoms with Gasteiger partial charge >= 0.3 is 0 Å². The van der Waals surface area contributed by atoms with E-state index in [1.807, 2.05) is 17.5 Å². The zero-order chi connectivity index (χ0) is 20.0. The third-order valence-electron chi connectivity index (χ3n) is 3.64. The first-order valence-electron chi connectivity index (χ1n) is 8.15. The summed E-state index contributed by atoms with van der Waals surface area (Å²) in [6.45, 7) is -0.407. The number of amides is 1. The van der Waals surface area contributed by atoms with E-state index in [0.717, 1.165) is 9.18 Å². The summed E-state index contributed by atoms with van der Waals surface area (Å²) in [4.78, 5) is 13.4. The third kappa shape index (κ3) is 5.06. The molecule has 0 radical (unpaired) electrons. The summed E-state index contributed by atoms with van der Waals surface area (Å²) in [7, 11) is -3.93. The van der Waals surface area contributed by atoms with Crippen molar-refractivity contribution < 1.29 is 13.2 Å². The first-order chi connectivity index (χ1) is 13.5. The molecule has 0 unspecified atom stereocenters. The number of hydrogen-bond acceptors (Lipinski definition) is 5. The van der Waals surface area contributed by atoms with Gasteiger partial charge in [0.25, 0.3) is 15.9 Å². The van der Waals surface area contributed by atoms with Gasteiger partial charge in [0.2, 0.25) is 0 Å². The number of nitrogens with zero attached hydrogens (tertiary/aromatic N) is 2. The molecule has 0 fully saturated rings. The molecule has 0 saturated heterocycles. The first-order valence-corrected chi connectivity index (χ1v) is 11.3. The number of thiophene rings is 1. The van der Waals surface area contributed by atoms with Crippen molar-refractivity contribution in [2.24, 2.45) is 5.10 Å². The van der Waals surface area contributed by atoms with Crippen molar-refractivity contribution in [3.63, 3.8) is 0 Å². The van der Waals surface area contributed by atoms with E-state index in [2.05, 4.69) is 26.5 Å². The van der Waals surface area contributed by atoms with E-state index in [1.165, 1.54) is 29.7 Å². The molecule has 1 N–H and O–H groups in total. The van der Waals surface area contributed by atoms with Crippen molar-refractivity contribution in [3.8, 4) is 0 Å². The van der Waals surface area contributed by atoms with Crippen LogP contribution in [0, 0.1) is 0 Å². The Hall–Kier alpha value is -2.49. The number of carbonyl (C=O) groups is 1. The van der Waals surface area contributed by atoms with Gasteiger partial charge in [-0.1, -0.05) is 46.3 Å². The van der Waals surface area contributed by atoms with Crippen LogP contribution in [0.15, 0.2) is 86.6 Å². The van der Waals surface area contributed by atoms with Crippen LogP contribution in [-0.2, 0) is 14.8 Å². The van der Waals surface area contributed by atoms with Crippen molar-refractivity contribution in [2.75, 3.05) is 10.8 Å². The zero-order valence-electron chi connectivity index (χ0n) is 14.5.